The molecule has 4 aromatic rings. The molecule has 1 atom stereocenters. The Morgan fingerprint density at radius 1 is 0.912 bits per heavy atom. The maximum atomic E-state index is 12.8. The van der Waals surface area contributed by atoms with Crippen molar-refractivity contribution in [1.29, 1.82) is 0 Å². The summed E-state index contributed by atoms with van der Waals surface area (Å²) < 4.78 is 2.06. The summed E-state index contributed by atoms with van der Waals surface area (Å²) in [6, 6.07) is 28.8. The van der Waals surface area contributed by atoms with E-state index in [1.54, 1.807) is 11.8 Å². The zero-order valence-corrected chi connectivity index (χ0v) is 20.5. The van der Waals surface area contributed by atoms with E-state index in [0.29, 0.717) is 6.42 Å². The van der Waals surface area contributed by atoms with Gasteiger partial charge in [0.05, 0.1) is 6.04 Å². The highest BCUT2D eigenvalue weighted by Gasteiger charge is 2.16. The van der Waals surface area contributed by atoms with Gasteiger partial charge in [0.2, 0.25) is 5.91 Å². The zero-order valence-electron chi connectivity index (χ0n) is 19.6. The Bertz CT molecular complexity index is 1190. The number of carbonyl (C=O) groups is 1. The second kappa shape index (κ2) is 11.7. The van der Waals surface area contributed by atoms with Crippen LogP contribution in [-0.4, -0.2) is 26.4 Å². The summed E-state index contributed by atoms with van der Waals surface area (Å²) in [5.74, 6) is 1.73. The predicted molar refractivity (Wildman–Crippen MR) is 138 cm³/mol. The van der Waals surface area contributed by atoms with Gasteiger partial charge in [-0.2, -0.15) is 0 Å². The molecule has 1 amide bonds. The van der Waals surface area contributed by atoms with Crippen LogP contribution in [0.15, 0.2) is 90.1 Å². The molecule has 1 N–H and O–H groups in total. The van der Waals surface area contributed by atoms with E-state index in [4.69, 9.17) is 0 Å². The third-order valence-electron chi connectivity index (χ3n) is 5.69. The second-order valence-corrected chi connectivity index (χ2v) is 9.44. The Balaban J connectivity index is 1.32. The Morgan fingerprint density at radius 2 is 1.59 bits per heavy atom. The van der Waals surface area contributed by atoms with Gasteiger partial charge >= 0.3 is 0 Å². The Kier molecular flexibility index (Phi) is 8.15. The molecule has 0 saturated heterocycles. The predicted octanol–water partition coefficient (Wildman–Crippen LogP) is 5.86. The maximum Gasteiger partial charge on any atom is 0.220 e. The zero-order chi connectivity index (χ0) is 23.8. The average Bonchev–Trinajstić information content (AvgIpc) is 3.23. The highest BCUT2D eigenvalue weighted by atomic mass is 32.2. The van der Waals surface area contributed by atoms with Gasteiger partial charge in [-0.05, 0) is 49.9 Å². The van der Waals surface area contributed by atoms with Crippen LogP contribution in [-0.2, 0) is 11.2 Å². The van der Waals surface area contributed by atoms with Gasteiger partial charge in [0, 0.05) is 17.9 Å². The largest absolute Gasteiger partial charge is 0.349 e. The first-order valence-electron chi connectivity index (χ1n) is 11.6. The van der Waals surface area contributed by atoms with Gasteiger partial charge in [0.25, 0.3) is 0 Å². The number of hydrogen-bond acceptors (Lipinski definition) is 4. The SMILES string of the molecule is Cc1ccc(-n2c(C)nnc2SCCCC(=O)NC(Cc2ccccc2)c2ccccc2)cc1. The van der Waals surface area contributed by atoms with Gasteiger partial charge < -0.3 is 5.32 Å². The van der Waals surface area contributed by atoms with Crippen molar-refractivity contribution in [2.24, 2.45) is 0 Å². The molecule has 0 aliphatic rings. The lowest BCUT2D eigenvalue weighted by Gasteiger charge is -2.19. The standard InChI is InChI=1S/C28H30N4OS/c1-21-15-17-25(18-16-21)32-22(2)30-31-28(32)34-19-9-14-27(33)29-26(24-12-7-4-8-13-24)20-23-10-5-3-6-11-23/h3-8,10-13,15-18,26H,9,14,19-20H2,1-2H3,(H,29,33). The topological polar surface area (TPSA) is 59.8 Å². The molecule has 6 heteroatoms. The number of benzene rings is 3. The van der Waals surface area contributed by atoms with Crippen molar-refractivity contribution in [3.05, 3.63) is 107 Å². The molecule has 1 aromatic heterocycles. The van der Waals surface area contributed by atoms with E-state index < -0.39 is 0 Å². The fourth-order valence-electron chi connectivity index (χ4n) is 3.88. The second-order valence-electron chi connectivity index (χ2n) is 8.37. The van der Waals surface area contributed by atoms with Crippen molar-refractivity contribution in [2.45, 2.75) is 44.3 Å². The molecular formula is C28H30N4OS. The van der Waals surface area contributed by atoms with Crippen LogP contribution in [0.4, 0.5) is 0 Å². The van der Waals surface area contributed by atoms with Crippen LogP contribution in [0.2, 0.25) is 0 Å². The lowest BCUT2D eigenvalue weighted by Crippen LogP contribution is -2.29. The van der Waals surface area contributed by atoms with Gasteiger partial charge in [0.1, 0.15) is 5.82 Å². The van der Waals surface area contributed by atoms with Gasteiger partial charge in [-0.15, -0.1) is 10.2 Å². The van der Waals surface area contributed by atoms with Crippen LogP contribution in [0, 0.1) is 13.8 Å². The highest BCUT2D eigenvalue weighted by Crippen LogP contribution is 2.23. The third-order valence-corrected chi connectivity index (χ3v) is 6.70. The number of carbonyl (C=O) groups excluding carboxylic acids is 1. The number of nitrogens with zero attached hydrogens (tertiary/aromatic N) is 3. The van der Waals surface area contributed by atoms with Crippen molar-refractivity contribution < 1.29 is 4.79 Å². The Labute approximate surface area is 205 Å². The highest BCUT2D eigenvalue weighted by molar-refractivity contribution is 7.99. The number of rotatable bonds is 10. The normalized spacial score (nSPS) is 11.8. The smallest absolute Gasteiger partial charge is 0.220 e. The number of amides is 1. The first-order valence-corrected chi connectivity index (χ1v) is 12.6. The molecule has 3 aromatic carbocycles. The van der Waals surface area contributed by atoms with Crippen molar-refractivity contribution in [2.75, 3.05) is 5.75 Å². The van der Waals surface area contributed by atoms with Crippen LogP contribution in [0.25, 0.3) is 5.69 Å². The number of aryl methyl sites for hydroxylation is 2. The van der Waals surface area contributed by atoms with Crippen molar-refractivity contribution in [1.82, 2.24) is 20.1 Å². The van der Waals surface area contributed by atoms with Crippen LogP contribution < -0.4 is 5.32 Å². The lowest BCUT2D eigenvalue weighted by molar-refractivity contribution is -0.121. The average molecular weight is 471 g/mol. The molecule has 5 nitrogen and oxygen atoms in total. The van der Waals surface area contributed by atoms with Gasteiger partial charge in [0.15, 0.2) is 5.16 Å². The summed E-state index contributed by atoms with van der Waals surface area (Å²) >= 11 is 1.64. The van der Waals surface area contributed by atoms with E-state index in [9.17, 15) is 4.79 Å². The molecular weight excluding hydrogens is 440 g/mol. The van der Waals surface area contributed by atoms with E-state index in [1.807, 2.05) is 43.3 Å². The summed E-state index contributed by atoms with van der Waals surface area (Å²) in [7, 11) is 0. The van der Waals surface area contributed by atoms with Gasteiger partial charge in [-0.25, -0.2) is 0 Å². The Hall–Kier alpha value is -3.38. The van der Waals surface area contributed by atoms with E-state index in [0.717, 1.165) is 40.8 Å². The summed E-state index contributed by atoms with van der Waals surface area (Å²) in [5, 5.41) is 12.7. The molecule has 0 radical (unpaired) electrons. The van der Waals surface area contributed by atoms with E-state index in [-0.39, 0.29) is 11.9 Å². The van der Waals surface area contributed by atoms with E-state index in [1.165, 1.54) is 11.1 Å². The first-order chi connectivity index (χ1) is 16.6. The molecule has 4 rings (SSSR count). The Morgan fingerprint density at radius 3 is 2.29 bits per heavy atom. The lowest BCUT2D eigenvalue weighted by atomic mass is 9.98. The van der Waals surface area contributed by atoms with Crippen molar-refractivity contribution in [3.63, 3.8) is 0 Å². The summed E-state index contributed by atoms with van der Waals surface area (Å²) in [6.45, 7) is 4.03. The fourth-order valence-corrected chi connectivity index (χ4v) is 4.81. The summed E-state index contributed by atoms with van der Waals surface area (Å²) in [4.78, 5) is 12.8. The molecule has 0 fully saturated rings. The van der Waals surface area contributed by atoms with E-state index >= 15 is 0 Å². The molecule has 0 saturated carbocycles. The van der Waals surface area contributed by atoms with Gasteiger partial charge in [-0.3, -0.25) is 9.36 Å². The molecule has 0 aliphatic carbocycles. The molecule has 1 heterocycles. The number of hydrogen-bond donors (Lipinski definition) is 1. The molecule has 0 spiro atoms. The number of nitrogens with one attached hydrogen (secondary N) is 1. The number of thioether (sulfide) groups is 1. The fraction of sp³-hybridized carbons (Fsp3) is 0.250. The third kappa shape index (κ3) is 6.35. The molecule has 34 heavy (non-hydrogen) atoms. The van der Waals surface area contributed by atoms with Crippen LogP contribution in [0.3, 0.4) is 0 Å². The monoisotopic (exact) mass is 470 g/mol. The number of aromatic nitrogens is 3. The van der Waals surface area contributed by atoms with Crippen molar-refractivity contribution in [3.8, 4) is 5.69 Å². The minimum atomic E-state index is -0.0453. The van der Waals surface area contributed by atoms with E-state index in [2.05, 4.69) is 75.5 Å². The van der Waals surface area contributed by atoms with Gasteiger partial charge in [-0.1, -0.05) is 90.1 Å². The van der Waals surface area contributed by atoms with Crippen LogP contribution >= 0.6 is 11.8 Å². The van der Waals surface area contributed by atoms with Crippen LogP contribution in [0.5, 0.6) is 0 Å². The molecule has 0 bridgehead atoms. The molecule has 0 aliphatic heterocycles. The van der Waals surface area contributed by atoms with Crippen LogP contribution in [0.1, 0.15) is 41.4 Å². The quantitative estimate of drug-likeness (QED) is 0.233. The first kappa shape index (κ1) is 23.8. The minimum Gasteiger partial charge on any atom is -0.349 e. The maximum absolute atomic E-state index is 12.8. The molecule has 1 unspecified atom stereocenters. The summed E-state index contributed by atoms with van der Waals surface area (Å²) in [6.07, 6.45) is 2.01. The van der Waals surface area contributed by atoms with Crippen molar-refractivity contribution >= 4 is 17.7 Å². The summed E-state index contributed by atoms with van der Waals surface area (Å²) in [5.41, 5.74) is 4.60. The molecule has 174 valence electrons. The minimum absolute atomic E-state index is 0.0453.